The fourth-order valence-corrected chi connectivity index (χ4v) is 1.23. The molecular weight excluding hydrogens is 202 g/mol. The lowest BCUT2D eigenvalue weighted by Gasteiger charge is -2.01. The van der Waals surface area contributed by atoms with Gasteiger partial charge >= 0.3 is 0 Å². The van der Waals surface area contributed by atoms with Gasteiger partial charge in [-0.25, -0.2) is 0 Å². The van der Waals surface area contributed by atoms with Crippen LogP contribution in [0, 0.1) is 29.1 Å². The quantitative estimate of drug-likeness (QED) is 0.435. The Hall–Kier alpha value is -1.81. The van der Waals surface area contributed by atoms with Crippen LogP contribution in [0.5, 0.6) is 0 Å². The molecule has 16 heavy (non-hydrogen) atoms. The van der Waals surface area contributed by atoms with Crippen LogP contribution in [-0.2, 0) is 4.74 Å². The first-order chi connectivity index (χ1) is 7.86. The fraction of sp³-hybridized carbons (Fsp3) is 0.308. The Labute approximate surface area is 95.3 Å². The van der Waals surface area contributed by atoms with E-state index >= 15 is 0 Å². The van der Waals surface area contributed by atoms with Crippen molar-refractivity contribution in [2.24, 2.45) is 5.92 Å². The van der Waals surface area contributed by atoms with E-state index in [0.29, 0.717) is 5.57 Å². The van der Waals surface area contributed by atoms with E-state index in [1.54, 1.807) is 0 Å². The SMILES string of the molecule is N#C/C(=C\C1C=CC=C1)COCC#CCO. The third-order valence-electron chi connectivity index (χ3n) is 1.95. The van der Waals surface area contributed by atoms with Crippen LogP contribution in [0.2, 0.25) is 0 Å². The molecule has 0 aromatic carbocycles. The number of rotatable bonds is 4. The highest BCUT2D eigenvalue weighted by Gasteiger charge is 2.02. The maximum absolute atomic E-state index is 8.87. The minimum atomic E-state index is -0.165. The number of hydrogen-bond donors (Lipinski definition) is 1. The molecule has 0 radical (unpaired) electrons. The zero-order valence-electron chi connectivity index (χ0n) is 8.89. The molecular formula is C13H13NO2. The van der Waals surface area contributed by atoms with Gasteiger partial charge in [-0.3, -0.25) is 0 Å². The molecule has 0 atom stereocenters. The summed E-state index contributed by atoms with van der Waals surface area (Å²) in [5.41, 5.74) is 0.590. The molecule has 1 aliphatic rings. The highest BCUT2D eigenvalue weighted by Crippen LogP contribution is 2.12. The van der Waals surface area contributed by atoms with Crippen LogP contribution in [-0.4, -0.2) is 24.9 Å². The Morgan fingerprint density at radius 1 is 1.38 bits per heavy atom. The first kappa shape index (κ1) is 12.3. The Bertz CT molecular complexity index is 390. The summed E-state index contributed by atoms with van der Waals surface area (Å²) in [7, 11) is 0. The molecule has 0 spiro atoms. The second-order valence-corrected chi connectivity index (χ2v) is 3.16. The molecule has 3 heteroatoms. The molecule has 0 unspecified atom stereocenters. The van der Waals surface area contributed by atoms with E-state index in [2.05, 4.69) is 17.9 Å². The summed E-state index contributed by atoms with van der Waals surface area (Å²) >= 11 is 0. The predicted molar refractivity (Wildman–Crippen MR) is 61.1 cm³/mol. The standard InChI is InChI=1S/C13H13NO2/c14-10-13(9-12-5-1-2-6-12)11-16-8-4-3-7-15/h1-2,5-6,9,12,15H,7-8,11H2/b13-9+. The molecule has 0 saturated carbocycles. The fourth-order valence-electron chi connectivity index (χ4n) is 1.23. The van der Waals surface area contributed by atoms with Gasteiger partial charge in [-0.05, 0) is 0 Å². The lowest BCUT2D eigenvalue weighted by molar-refractivity contribution is 0.194. The van der Waals surface area contributed by atoms with Crippen LogP contribution in [0.4, 0.5) is 0 Å². The number of ether oxygens (including phenoxy) is 1. The summed E-state index contributed by atoms with van der Waals surface area (Å²) in [4.78, 5) is 0. The molecule has 1 aliphatic carbocycles. The Morgan fingerprint density at radius 3 is 2.75 bits per heavy atom. The van der Waals surface area contributed by atoms with Crippen LogP contribution >= 0.6 is 0 Å². The minimum Gasteiger partial charge on any atom is -0.384 e. The van der Waals surface area contributed by atoms with E-state index in [0.717, 1.165) is 0 Å². The number of allylic oxidation sites excluding steroid dienone is 5. The van der Waals surface area contributed by atoms with Gasteiger partial charge in [0.25, 0.3) is 0 Å². The Kier molecular flexibility index (Phi) is 5.73. The van der Waals surface area contributed by atoms with Gasteiger partial charge in [-0.2, -0.15) is 5.26 Å². The lowest BCUT2D eigenvalue weighted by Crippen LogP contribution is -1.99. The van der Waals surface area contributed by atoms with Gasteiger partial charge in [0.15, 0.2) is 0 Å². The minimum absolute atomic E-state index is 0.165. The van der Waals surface area contributed by atoms with Gasteiger partial charge in [0.2, 0.25) is 0 Å². The first-order valence-corrected chi connectivity index (χ1v) is 4.97. The summed E-state index contributed by atoms with van der Waals surface area (Å²) < 4.78 is 5.18. The third-order valence-corrected chi connectivity index (χ3v) is 1.95. The lowest BCUT2D eigenvalue weighted by atomic mass is 10.1. The molecule has 0 saturated heterocycles. The molecule has 0 bridgehead atoms. The van der Waals surface area contributed by atoms with Gasteiger partial charge in [0.1, 0.15) is 13.2 Å². The molecule has 1 N–H and O–H groups in total. The second kappa shape index (κ2) is 7.48. The zero-order valence-corrected chi connectivity index (χ0v) is 8.89. The number of nitriles is 1. The van der Waals surface area contributed by atoms with Gasteiger partial charge in [0, 0.05) is 5.92 Å². The molecule has 3 nitrogen and oxygen atoms in total. The summed E-state index contributed by atoms with van der Waals surface area (Å²) in [6.45, 7) is 0.326. The molecule has 82 valence electrons. The van der Waals surface area contributed by atoms with Crippen molar-refractivity contribution in [3.63, 3.8) is 0 Å². The van der Waals surface area contributed by atoms with Crippen molar-refractivity contribution in [1.29, 1.82) is 5.26 Å². The zero-order chi connectivity index (χ0) is 11.6. The summed E-state index contributed by atoms with van der Waals surface area (Å²) in [6.07, 6.45) is 9.76. The van der Waals surface area contributed by atoms with Crippen LogP contribution in [0.1, 0.15) is 0 Å². The van der Waals surface area contributed by atoms with Crippen molar-refractivity contribution in [2.75, 3.05) is 19.8 Å². The maximum Gasteiger partial charge on any atom is 0.108 e. The molecule has 0 fully saturated rings. The predicted octanol–water partition coefficient (Wildman–Crippen LogP) is 1.19. The van der Waals surface area contributed by atoms with E-state index in [1.165, 1.54) is 0 Å². The monoisotopic (exact) mass is 215 g/mol. The largest absolute Gasteiger partial charge is 0.384 e. The number of hydrogen-bond acceptors (Lipinski definition) is 3. The first-order valence-electron chi connectivity index (χ1n) is 4.97. The maximum atomic E-state index is 8.87. The van der Waals surface area contributed by atoms with Gasteiger partial charge in [0.05, 0.1) is 18.2 Å². The normalized spacial score (nSPS) is 14.6. The van der Waals surface area contributed by atoms with Gasteiger partial charge in [-0.15, -0.1) is 0 Å². The van der Waals surface area contributed by atoms with Crippen LogP contribution in [0.15, 0.2) is 36.0 Å². The van der Waals surface area contributed by atoms with Gasteiger partial charge < -0.3 is 9.84 Å². The van der Waals surface area contributed by atoms with Crippen molar-refractivity contribution < 1.29 is 9.84 Å². The van der Waals surface area contributed by atoms with E-state index in [1.807, 2.05) is 30.4 Å². The van der Waals surface area contributed by atoms with E-state index in [-0.39, 0.29) is 25.7 Å². The third kappa shape index (κ3) is 4.61. The molecule has 0 aromatic heterocycles. The second-order valence-electron chi connectivity index (χ2n) is 3.16. The van der Waals surface area contributed by atoms with E-state index in [9.17, 15) is 0 Å². The van der Waals surface area contributed by atoms with E-state index in [4.69, 9.17) is 15.1 Å². The van der Waals surface area contributed by atoms with Crippen LogP contribution in [0.3, 0.4) is 0 Å². The number of nitrogens with zero attached hydrogens (tertiary/aromatic N) is 1. The van der Waals surface area contributed by atoms with Crippen molar-refractivity contribution in [2.45, 2.75) is 0 Å². The Balaban J connectivity index is 2.35. The molecule has 0 heterocycles. The molecule has 0 aliphatic heterocycles. The highest BCUT2D eigenvalue weighted by atomic mass is 16.5. The van der Waals surface area contributed by atoms with Crippen molar-refractivity contribution in [3.8, 4) is 17.9 Å². The average Bonchev–Trinajstić information content (AvgIpc) is 2.80. The van der Waals surface area contributed by atoms with Crippen molar-refractivity contribution in [3.05, 3.63) is 36.0 Å². The Morgan fingerprint density at radius 2 is 2.12 bits per heavy atom. The topological polar surface area (TPSA) is 53.2 Å². The number of aliphatic hydroxyl groups excluding tert-OH is 1. The van der Waals surface area contributed by atoms with E-state index < -0.39 is 0 Å². The smallest absolute Gasteiger partial charge is 0.108 e. The molecule has 0 amide bonds. The van der Waals surface area contributed by atoms with Crippen molar-refractivity contribution in [1.82, 2.24) is 0 Å². The van der Waals surface area contributed by atoms with Gasteiger partial charge in [-0.1, -0.05) is 42.2 Å². The molecule has 1 rings (SSSR count). The molecule has 0 aromatic rings. The van der Waals surface area contributed by atoms with Crippen molar-refractivity contribution >= 4 is 0 Å². The summed E-state index contributed by atoms with van der Waals surface area (Å²) in [5, 5.41) is 17.3. The van der Waals surface area contributed by atoms with Crippen LogP contribution < -0.4 is 0 Å². The summed E-state index contributed by atoms with van der Waals surface area (Å²) in [6, 6.07) is 2.09. The average molecular weight is 215 g/mol. The summed E-state index contributed by atoms with van der Waals surface area (Å²) in [5.74, 6) is 5.29. The highest BCUT2D eigenvalue weighted by molar-refractivity contribution is 5.30. The van der Waals surface area contributed by atoms with Crippen LogP contribution in [0.25, 0.3) is 0 Å². The number of aliphatic hydroxyl groups is 1.